The van der Waals surface area contributed by atoms with Crippen molar-refractivity contribution in [1.82, 2.24) is 4.57 Å². The monoisotopic (exact) mass is 469 g/mol. The van der Waals surface area contributed by atoms with Gasteiger partial charge in [0.1, 0.15) is 17.2 Å². The summed E-state index contributed by atoms with van der Waals surface area (Å²) < 4.78 is 13.4. The van der Waals surface area contributed by atoms with Gasteiger partial charge in [0, 0.05) is 18.9 Å². The number of hydrogen-bond acceptors (Lipinski definition) is 5. The van der Waals surface area contributed by atoms with E-state index in [1.54, 1.807) is 17.7 Å². The van der Waals surface area contributed by atoms with Gasteiger partial charge in [0.05, 0.1) is 41.6 Å². The van der Waals surface area contributed by atoms with Gasteiger partial charge in [0.25, 0.3) is 5.91 Å². The average molecular weight is 469 g/mol. The van der Waals surface area contributed by atoms with E-state index in [0.717, 1.165) is 16.7 Å². The number of hydrogen-bond donors (Lipinski definition) is 2. The Hall–Kier alpha value is -4.77. The van der Waals surface area contributed by atoms with Crippen molar-refractivity contribution in [2.75, 3.05) is 18.5 Å². The molecule has 0 atom stereocenters. The van der Waals surface area contributed by atoms with Crippen LogP contribution in [0.1, 0.15) is 32.8 Å². The Labute approximate surface area is 201 Å². The van der Waals surface area contributed by atoms with Gasteiger partial charge in [-0.1, -0.05) is 30.3 Å². The van der Waals surface area contributed by atoms with Crippen molar-refractivity contribution in [2.45, 2.75) is 6.42 Å². The van der Waals surface area contributed by atoms with Crippen LogP contribution in [0.25, 0.3) is 10.9 Å². The molecular formula is C27H23N3O5. The molecule has 0 aliphatic heterocycles. The number of anilines is 1. The first-order valence-electron chi connectivity index (χ1n) is 11.0. The van der Waals surface area contributed by atoms with Crippen LogP contribution in [0.15, 0.2) is 72.8 Å². The normalized spacial score (nSPS) is 10.5. The molecule has 3 aromatic carbocycles. The summed E-state index contributed by atoms with van der Waals surface area (Å²) in [6.45, 7) is 0.948. The van der Waals surface area contributed by atoms with E-state index in [0.29, 0.717) is 31.1 Å². The zero-order chi connectivity index (χ0) is 24.8. The van der Waals surface area contributed by atoms with E-state index in [1.165, 1.54) is 18.2 Å². The highest BCUT2D eigenvalue weighted by molar-refractivity contribution is 6.09. The number of fused-ring (bicyclic) bond motifs is 1. The molecule has 0 saturated carbocycles. The van der Waals surface area contributed by atoms with Crippen molar-refractivity contribution in [3.05, 3.63) is 89.6 Å². The number of aromatic carboxylic acids is 1. The highest BCUT2D eigenvalue weighted by Gasteiger charge is 2.19. The molecule has 8 heteroatoms. The molecule has 0 saturated heterocycles. The minimum atomic E-state index is -1.23. The number of carboxylic acids is 1. The topological polar surface area (TPSA) is 114 Å². The molecule has 1 heterocycles. The van der Waals surface area contributed by atoms with Crippen LogP contribution in [-0.2, 0) is 7.05 Å². The maximum Gasteiger partial charge on any atom is 0.337 e. The van der Waals surface area contributed by atoms with Gasteiger partial charge in [-0.3, -0.25) is 4.79 Å². The second-order valence-electron chi connectivity index (χ2n) is 7.78. The Morgan fingerprint density at radius 1 is 1.00 bits per heavy atom. The van der Waals surface area contributed by atoms with Crippen molar-refractivity contribution in [2.24, 2.45) is 7.05 Å². The number of para-hydroxylation sites is 2. The summed E-state index contributed by atoms with van der Waals surface area (Å²) in [5, 5.41) is 22.0. The van der Waals surface area contributed by atoms with E-state index >= 15 is 0 Å². The first-order chi connectivity index (χ1) is 17.0. The molecule has 0 aliphatic rings. The van der Waals surface area contributed by atoms with Gasteiger partial charge in [-0.25, -0.2) is 4.79 Å². The molecule has 4 aromatic rings. The SMILES string of the molecule is Cn1c(C(=O)Nc2ccc(C#N)cc2C(=O)O)cc2cccc(OCCCOc3ccccc3)c21. The number of nitrogens with one attached hydrogen (secondary N) is 1. The lowest BCUT2D eigenvalue weighted by Crippen LogP contribution is -2.17. The van der Waals surface area contributed by atoms with E-state index in [1.807, 2.05) is 54.6 Å². The number of carboxylic acid groups (broad SMARTS) is 1. The lowest BCUT2D eigenvalue weighted by Gasteiger charge is -2.12. The van der Waals surface area contributed by atoms with Crippen LogP contribution >= 0.6 is 0 Å². The molecule has 0 unspecified atom stereocenters. The Morgan fingerprint density at radius 2 is 1.77 bits per heavy atom. The maximum atomic E-state index is 13.0. The lowest BCUT2D eigenvalue weighted by molar-refractivity contribution is 0.0698. The van der Waals surface area contributed by atoms with Crippen molar-refractivity contribution >= 4 is 28.5 Å². The number of amides is 1. The van der Waals surface area contributed by atoms with E-state index < -0.39 is 11.9 Å². The molecular weight excluding hydrogens is 446 g/mol. The summed E-state index contributed by atoms with van der Waals surface area (Å²) in [4.78, 5) is 24.6. The van der Waals surface area contributed by atoms with Gasteiger partial charge >= 0.3 is 5.97 Å². The molecule has 176 valence electrons. The fourth-order valence-electron chi connectivity index (χ4n) is 3.75. The fraction of sp³-hybridized carbons (Fsp3) is 0.148. The Kier molecular flexibility index (Phi) is 6.98. The molecule has 35 heavy (non-hydrogen) atoms. The number of rotatable bonds is 9. The van der Waals surface area contributed by atoms with Gasteiger partial charge in [-0.15, -0.1) is 0 Å². The Morgan fingerprint density at radius 3 is 2.51 bits per heavy atom. The second-order valence-corrected chi connectivity index (χ2v) is 7.78. The number of nitrogens with zero attached hydrogens (tertiary/aromatic N) is 2. The lowest BCUT2D eigenvalue weighted by atomic mass is 10.1. The van der Waals surface area contributed by atoms with Crippen LogP contribution in [0.3, 0.4) is 0 Å². The molecule has 1 aromatic heterocycles. The summed E-state index contributed by atoms with van der Waals surface area (Å²) in [7, 11) is 1.75. The molecule has 8 nitrogen and oxygen atoms in total. The predicted octanol–water partition coefficient (Wildman–Crippen LogP) is 4.85. The molecule has 0 spiro atoms. The number of nitriles is 1. The maximum absolute atomic E-state index is 13.0. The van der Waals surface area contributed by atoms with Crippen LogP contribution in [0.5, 0.6) is 11.5 Å². The molecule has 0 fully saturated rings. The second kappa shape index (κ2) is 10.4. The first kappa shape index (κ1) is 23.4. The number of carbonyl (C=O) groups excluding carboxylic acids is 1. The van der Waals surface area contributed by atoms with Gasteiger partial charge in [0.15, 0.2) is 0 Å². The van der Waals surface area contributed by atoms with E-state index in [4.69, 9.17) is 14.7 Å². The number of carbonyl (C=O) groups is 2. The third kappa shape index (κ3) is 5.25. The summed E-state index contributed by atoms with van der Waals surface area (Å²) in [5.41, 5.74) is 1.24. The molecule has 2 N–H and O–H groups in total. The van der Waals surface area contributed by atoms with Crippen LogP contribution in [0.2, 0.25) is 0 Å². The van der Waals surface area contributed by atoms with Gasteiger partial charge in [-0.2, -0.15) is 5.26 Å². The van der Waals surface area contributed by atoms with Crippen molar-refractivity contribution in [3.8, 4) is 17.6 Å². The van der Waals surface area contributed by atoms with E-state index in [9.17, 15) is 14.7 Å². The number of benzene rings is 3. The van der Waals surface area contributed by atoms with Gasteiger partial charge in [-0.05, 0) is 42.5 Å². The van der Waals surface area contributed by atoms with Crippen LogP contribution in [-0.4, -0.2) is 34.8 Å². The zero-order valence-electron chi connectivity index (χ0n) is 19.0. The zero-order valence-corrected chi connectivity index (χ0v) is 19.0. The fourth-order valence-corrected chi connectivity index (χ4v) is 3.75. The van der Waals surface area contributed by atoms with E-state index in [2.05, 4.69) is 5.32 Å². The summed E-state index contributed by atoms with van der Waals surface area (Å²) in [5.74, 6) is -0.270. The quantitative estimate of drug-likeness (QED) is 0.339. The van der Waals surface area contributed by atoms with E-state index in [-0.39, 0.29) is 16.8 Å². The highest BCUT2D eigenvalue weighted by Crippen LogP contribution is 2.29. The standard InChI is InChI=1S/C27H23N3O5/c1-30-23(26(31)29-22-12-11-18(17-28)15-21(22)27(32)33)16-19-7-5-10-24(25(19)30)35-14-6-13-34-20-8-3-2-4-9-20/h2-5,7-12,15-16H,6,13-14H2,1H3,(H,29,31)(H,32,33). The predicted molar refractivity (Wildman–Crippen MR) is 131 cm³/mol. The molecule has 0 radical (unpaired) electrons. The number of aromatic nitrogens is 1. The largest absolute Gasteiger partial charge is 0.493 e. The summed E-state index contributed by atoms with van der Waals surface area (Å²) in [6.07, 6.45) is 0.680. The van der Waals surface area contributed by atoms with Crippen LogP contribution < -0.4 is 14.8 Å². The van der Waals surface area contributed by atoms with Crippen LogP contribution in [0.4, 0.5) is 5.69 Å². The van der Waals surface area contributed by atoms with Gasteiger partial charge in [0.2, 0.25) is 0 Å². The third-order valence-electron chi connectivity index (χ3n) is 5.44. The van der Waals surface area contributed by atoms with Crippen molar-refractivity contribution < 1.29 is 24.2 Å². The molecule has 4 rings (SSSR count). The molecule has 0 bridgehead atoms. The summed E-state index contributed by atoms with van der Waals surface area (Å²) in [6, 6.07) is 22.8. The molecule has 1 amide bonds. The van der Waals surface area contributed by atoms with Crippen LogP contribution in [0, 0.1) is 11.3 Å². The third-order valence-corrected chi connectivity index (χ3v) is 5.44. The summed E-state index contributed by atoms with van der Waals surface area (Å²) >= 11 is 0. The minimum Gasteiger partial charge on any atom is -0.493 e. The van der Waals surface area contributed by atoms with Crippen molar-refractivity contribution in [3.63, 3.8) is 0 Å². The van der Waals surface area contributed by atoms with Gasteiger partial charge < -0.3 is 24.5 Å². The average Bonchev–Trinajstić information content (AvgIpc) is 3.22. The highest BCUT2D eigenvalue weighted by atomic mass is 16.5. The number of ether oxygens (including phenoxy) is 2. The first-order valence-corrected chi connectivity index (χ1v) is 11.0. The smallest absolute Gasteiger partial charge is 0.337 e. The minimum absolute atomic E-state index is 0.113. The van der Waals surface area contributed by atoms with Crippen molar-refractivity contribution in [1.29, 1.82) is 5.26 Å². The Balaban J connectivity index is 1.48. The number of aryl methyl sites for hydroxylation is 1. The molecule has 0 aliphatic carbocycles. The Bertz CT molecular complexity index is 1420.